The fraction of sp³-hybridized carbons (Fsp3) is 0.698. The zero-order chi connectivity index (χ0) is 71.6. The molecule has 0 aliphatic carbocycles. The molecule has 4 saturated heterocycles. The van der Waals surface area contributed by atoms with Gasteiger partial charge in [0.1, 0.15) is 105 Å². The Balaban J connectivity index is 0.00000612. The van der Waals surface area contributed by atoms with Crippen LogP contribution in [0.5, 0.6) is 0 Å². The van der Waals surface area contributed by atoms with E-state index in [4.69, 9.17) is 136 Å². The van der Waals surface area contributed by atoms with Crippen molar-refractivity contribution in [3.05, 3.63) is 110 Å². The Bertz CT molecular complexity index is 3910. The number of hydrogen-bond acceptors (Lipinski definition) is 36. The number of nitrogens with one attached hydrogen (secondary N) is 2. The van der Waals surface area contributed by atoms with Gasteiger partial charge < -0.3 is 120 Å². The van der Waals surface area contributed by atoms with E-state index >= 15 is 4.89 Å². The molecule has 8 heterocycles. The number of rotatable bonds is 37. The van der Waals surface area contributed by atoms with Crippen LogP contribution in [0.1, 0.15) is 47.2 Å². The normalized spacial score (nSPS) is 28.2. The Kier molecular flexibility index (Phi) is 36.7. The monoisotopic (exact) mass is 1580 g/mol. The molecule has 0 amide bonds. The first-order chi connectivity index (χ1) is 46.5. The second-order valence-corrected chi connectivity index (χ2v) is 30.5. The number of aromatic nitrogens is 8. The average molecular weight is 1580 g/mol. The third kappa shape index (κ3) is 23.4. The Hall–Kier alpha value is -1.25. The smallest absolute Gasteiger partial charge is 0.780 e. The number of hydrogen-bond donors (Lipinski definition) is 5. The van der Waals surface area contributed by atoms with Crippen LogP contribution in [0, 0.1) is 27.7 Å². The number of aromatic amines is 2. The number of aliphatic hydroxyl groups excluding tert-OH is 1. The average Bonchev–Trinajstić information content (AvgIpc) is 1.65. The molecule has 101 heavy (non-hydrogen) atoms. The van der Waals surface area contributed by atoms with E-state index in [1.54, 1.807) is 6.92 Å². The molecule has 4 aliphatic heterocycles. The zero-order valence-corrected chi connectivity index (χ0v) is 68.4. The summed E-state index contributed by atoms with van der Waals surface area (Å²) in [6.45, 7) is -12.7. The third-order valence-corrected chi connectivity index (χ3v) is 20.2. The first-order valence-electron chi connectivity index (χ1n) is 29.9. The predicted molar refractivity (Wildman–Crippen MR) is 343 cm³/mol. The molecule has 550 valence electrons. The molecule has 0 radical (unpaired) electrons. The van der Waals surface area contributed by atoms with Gasteiger partial charge in [-0.25, -0.2) is 19.2 Å². The molecule has 48 heteroatoms. The van der Waals surface area contributed by atoms with Crippen LogP contribution in [-0.4, -0.2) is 231 Å². The molecule has 0 spiro atoms. The van der Waals surface area contributed by atoms with Gasteiger partial charge in [-0.3, -0.25) is 37.8 Å². The number of aliphatic hydroxyl groups is 1. The number of methoxy groups -OCH3 is 5. The molecule has 0 aromatic carbocycles. The van der Waals surface area contributed by atoms with Gasteiger partial charge in [-0.2, -0.15) is 9.97 Å². The summed E-state index contributed by atoms with van der Waals surface area (Å²) in [4.78, 5) is 135. The number of H-pyrrole nitrogens is 2. The van der Waals surface area contributed by atoms with Crippen LogP contribution in [0.4, 0.5) is 11.6 Å². The molecule has 39 nitrogen and oxygen atoms in total. The second kappa shape index (κ2) is 41.0. The SMILES string of the molecule is COCCOC1[C@H](n2cc(C)c(N)nc2=O)O[C@H](COP([O-])(=S)O[C@H]2[C@@H](OCCOC)[C@H](n3cc(C)c(N)nc3=O)O[C@@H]2COC)[C@H]1OP([O-])(=S)OC[C@H]1O[C@@H](n2cc(C)c(=O)[nH]c2=O)[C@H](OCCOC)[C@@H]1OP([O-])(=S)OC[C@H]1O[C@@H](n2cc(C)c(=O)[nH]c2=O)[C@H](OCCOC)[C@@H]1O.[Na+].[Na+].[Na+]. The van der Waals surface area contributed by atoms with E-state index in [1.807, 2.05) is 0 Å². The van der Waals surface area contributed by atoms with Crippen molar-refractivity contribution in [2.45, 2.75) is 126 Å². The number of nitrogens with two attached hydrogens (primary N) is 2. The maximum Gasteiger partial charge on any atom is 1.00 e. The van der Waals surface area contributed by atoms with Crippen LogP contribution < -0.4 is 149 Å². The standard InChI is InChI=1S/C53H81N10O29P3S3.3Na/c1-26-18-60(50(67)56-42(26)54)47-39(80-15-11-75-6)35(31(87-47)22-78-9)90-94(72,97)84-24-32-36(40(81-16-12-76-7)48(88-32)61-19-27(2)43(55)57-51(61)68)92-95(73,98)85-25-33-37(41(82-17-13-77-8)49(89-33)63-21-29(4)45(66)59-53(63)70)91-93(71,96)83-23-30-34(64)38(79-14-10-74-5)46(86-30)62-20-28(3)44(65)58-52(62)69;;;/h18-21,30-41,46-49,64H,10-17,22-25H2,1-9H3,(H,71,96)(H,72,97)(H,73,98)(H2,54,56,67)(H2,55,57,68)(H,58,65,69)(H,59,66,70);;;/q;3*+1/p-3/t30-,31-,32-,33-,34-,35-,36-,37-,38-,39-,40?,41-,46-,47-,48-,49-,93?,94?,95?;;;/m1.../s1. The zero-order valence-electron chi connectivity index (χ0n) is 57.3. The van der Waals surface area contributed by atoms with Crippen molar-refractivity contribution in [1.82, 2.24) is 38.2 Å². The van der Waals surface area contributed by atoms with Crippen molar-refractivity contribution in [1.29, 1.82) is 0 Å². The van der Waals surface area contributed by atoms with Crippen molar-refractivity contribution in [3.63, 3.8) is 0 Å². The number of aryl methyl sites for hydroxylation is 4. The van der Waals surface area contributed by atoms with Crippen molar-refractivity contribution in [2.24, 2.45) is 0 Å². The summed E-state index contributed by atoms with van der Waals surface area (Å²) in [7, 11) is 6.88. The van der Waals surface area contributed by atoms with Crippen molar-refractivity contribution < 1.29 is 197 Å². The van der Waals surface area contributed by atoms with Crippen molar-refractivity contribution in [2.75, 3.05) is 126 Å². The Morgan fingerprint density at radius 2 is 0.733 bits per heavy atom. The van der Waals surface area contributed by atoms with Gasteiger partial charge in [-0.1, -0.05) is 35.4 Å². The fourth-order valence-corrected chi connectivity index (χ4v) is 15.0. The minimum absolute atomic E-state index is 0. The summed E-state index contributed by atoms with van der Waals surface area (Å²) in [5.41, 5.74) is 7.55. The van der Waals surface area contributed by atoms with Crippen LogP contribution in [0.2, 0.25) is 0 Å². The molecule has 4 fully saturated rings. The summed E-state index contributed by atoms with van der Waals surface area (Å²) in [5, 5.41) is 11.6. The van der Waals surface area contributed by atoms with Gasteiger partial charge in [0.2, 0.25) is 0 Å². The van der Waals surface area contributed by atoms with Gasteiger partial charge in [0.05, 0.1) is 79.3 Å². The largest absolute Gasteiger partial charge is 1.00 e. The molecule has 0 saturated carbocycles. The molecule has 8 rings (SSSR count). The predicted octanol–water partition coefficient (Wildman–Crippen LogP) is -13.3. The van der Waals surface area contributed by atoms with Crippen LogP contribution in [0.3, 0.4) is 0 Å². The summed E-state index contributed by atoms with van der Waals surface area (Å²) in [6.07, 6.45) is -19.2. The third-order valence-electron chi connectivity index (χ3n) is 15.6. The molecule has 19 atom stereocenters. The fourth-order valence-electron chi connectivity index (χ4n) is 10.7. The first kappa shape index (κ1) is 90.4. The molecule has 4 aromatic rings. The van der Waals surface area contributed by atoms with E-state index < -0.39 is 172 Å². The van der Waals surface area contributed by atoms with E-state index in [9.17, 15) is 43.7 Å². The second-order valence-electron chi connectivity index (χ2n) is 22.4. The van der Waals surface area contributed by atoms with Gasteiger partial charge in [-0.15, -0.1) is 0 Å². The minimum Gasteiger partial charge on any atom is -0.780 e. The van der Waals surface area contributed by atoms with Crippen LogP contribution in [0.15, 0.2) is 53.6 Å². The van der Waals surface area contributed by atoms with Gasteiger partial charge in [0.25, 0.3) is 11.1 Å². The van der Waals surface area contributed by atoms with E-state index in [1.165, 1.54) is 74.9 Å². The molecule has 4 aliphatic rings. The molecule has 0 bridgehead atoms. The van der Waals surface area contributed by atoms with Crippen molar-refractivity contribution >= 4 is 67.2 Å². The van der Waals surface area contributed by atoms with E-state index in [0.29, 0.717) is 5.56 Å². The molecule has 7 N–H and O–H groups in total. The van der Waals surface area contributed by atoms with Gasteiger partial charge in [0.15, 0.2) is 24.9 Å². The summed E-state index contributed by atoms with van der Waals surface area (Å²) in [6, 6.07) is 0. The first-order valence-corrected chi connectivity index (χ1v) is 37.6. The Morgan fingerprint density at radius 3 is 1.07 bits per heavy atom. The quantitative estimate of drug-likeness (QED) is 0.0159. The van der Waals surface area contributed by atoms with Crippen molar-refractivity contribution in [3.8, 4) is 0 Å². The number of nitrogens with zero attached hydrogens (tertiary/aromatic N) is 6. The number of anilines is 2. The van der Waals surface area contributed by atoms with E-state index in [2.05, 4.69) is 19.9 Å². The van der Waals surface area contributed by atoms with Crippen LogP contribution in [-0.2, 0) is 124 Å². The summed E-state index contributed by atoms with van der Waals surface area (Å²) < 4.78 is 116. The van der Waals surface area contributed by atoms with Gasteiger partial charge >= 0.3 is 111 Å². The van der Waals surface area contributed by atoms with Crippen LogP contribution in [0.25, 0.3) is 0 Å². The van der Waals surface area contributed by atoms with Crippen LogP contribution >= 0.6 is 20.2 Å². The van der Waals surface area contributed by atoms with E-state index in [0.717, 1.165) is 24.5 Å². The summed E-state index contributed by atoms with van der Waals surface area (Å²) >= 11 is 16.5. The molecule has 4 aromatic heterocycles. The maximum absolute atomic E-state index is 15.1. The molecular weight excluding hydrogens is 1500 g/mol. The number of nitrogen functional groups attached to an aromatic ring is 2. The number of ether oxygens (including phenoxy) is 13. The molecular formula is C53H78N10Na3O29P3S3. The van der Waals surface area contributed by atoms with Gasteiger partial charge in [0, 0.05) is 82.6 Å². The summed E-state index contributed by atoms with van der Waals surface area (Å²) in [5.74, 6) is -0.187. The minimum atomic E-state index is -5.12. The van der Waals surface area contributed by atoms with Gasteiger partial charge in [-0.05, 0) is 27.7 Å². The maximum atomic E-state index is 15.1. The molecule has 4 unspecified atom stereocenters. The Labute approximate surface area is 658 Å². The topological polar surface area (TPSA) is 496 Å². The Morgan fingerprint density at radius 1 is 0.446 bits per heavy atom. The van der Waals surface area contributed by atoms with E-state index in [-0.39, 0.29) is 176 Å².